The van der Waals surface area contributed by atoms with E-state index in [2.05, 4.69) is 18.3 Å². The molecule has 6 nitrogen and oxygen atoms in total. The van der Waals surface area contributed by atoms with Gasteiger partial charge in [-0.3, -0.25) is 18.9 Å². The molecule has 0 aliphatic carbocycles. The third-order valence-electron chi connectivity index (χ3n) is 3.98. The Kier molecular flexibility index (Phi) is 3.76. The zero-order valence-electron chi connectivity index (χ0n) is 11.9. The lowest BCUT2D eigenvalue weighted by Crippen LogP contribution is -2.51. The normalized spacial score (nSPS) is 16.5. The molecule has 2 rings (SSSR count). The Morgan fingerprint density at radius 3 is 2.50 bits per heavy atom. The maximum Gasteiger partial charge on any atom is 0.331 e. The zero-order valence-corrected chi connectivity index (χ0v) is 11.9. The van der Waals surface area contributed by atoms with Crippen molar-refractivity contribution in [1.82, 2.24) is 9.13 Å². The average molecular weight is 277 g/mol. The van der Waals surface area contributed by atoms with E-state index in [1.165, 1.54) is 15.2 Å². The number of ether oxygens (including phenoxy) is 1. The van der Waals surface area contributed by atoms with Gasteiger partial charge in [-0.1, -0.05) is 13.5 Å². The minimum absolute atomic E-state index is 0.135. The molecule has 108 valence electrons. The van der Waals surface area contributed by atoms with Gasteiger partial charge in [-0.2, -0.15) is 0 Å². The van der Waals surface area contributed by atoms with Crippen LogP contribution in [0.3, 0.4) is 0 Å². The molecule has 0 N–H and O–H groups in total. The van der Waals surface area contributed by atoms with Crippen molar-refractivity contribution >= 4 is 18.5 Å². The first kappa shape index (κ1) is 14.5. The van der Waals surface area contributed by atoms with Crippen molar-refractivity contribution in [2.75, 3.05) is 13.2 Å². The molecule has 0 amide bonds. The fourth-order valence-electron chi connectivity index (χ4n) is 2.42. The molecular formula is C14H19N3O3. The van der Waals surface area contributed by atoms with Crippen LogP contribution in [0.15, 0.2) is 21.2 Å². The van der Waals surface area contributed by atoms with Gasteiger partial charge in [0.1, 0.15) is 0 Å². The molecule has 1 aliphatic heterocycles. The van der Waals surface area contributed by atoms with Gasteiger partial charge in [0.15, 0.2) is 5.69 Å². The quantitative estimate of drug-likeness (QED) is 0.753. The van der Waals surface area contributed by atoms with Gasteiger partial charge in [-0.15, -0.1) is 0 Å². The van der Waals surface area contributed by atoms with E-state index >= 15 is 0 Å². The highest BCUT2D eigenvalue weighted by Crippen LogP contribution is 2.32. The molecule has 6 heteroatoms. The fraction of sp³-hybridized carbons (Fsp3) is 0.500. The molecule has 0 unspecified atom stereocenters. The lowest BCUT2D eigenvalue weighted by molar-refractivity contribution is -0.124. The van der Waals surface area contributed by atoms with Crippen LogP contribution in [0.25, 0.3) is 6.08 Å². The Morgan fingerprint density at radius 1 is 1.45 bits per heavy atom. The maximum atomic E-state index is 12.4. The molecule has 20 heavy (non-hydrogen) atoms. The van der Waals surface area contributed by atoms with E-state index < -0.39 is 5.56 Å². The summed E-state index contributed by atoms with van der Waals surface area (Å²) in [6, 6.07) is 0. The van der Waals surface area contributed by atoms with Crippen molar-refractivity contribution in [2.24, 2.45) is 17.5 Å². The molecule has 1 fully saturated rings. The Labute approximate surface area is 117 Å². The van der Waals surface area contributed by atoms with Crippen LogP contribution < -0.4 is 11.2 Å². The SMILES string of the molecule is C=Cc1c(N=C)c(=O)n(CC2(CC)COC2)c(=O)n1C. The number of aliphatic imine (C=N–C) groups is 1. The van der Waals surface area contributed by atoms with Crippen LogP contribution in [0, 0.1) is 5.41 Å². The highest BCUT2D eigenvalue weighted by molar-refractivity contribution is 5.60. The van der Waals surface area contributed by atoms with E-state index in [9.17, 15) is 9.59 Å². The Hall–Kier alpha value is -1.95. The summed E-state index contributed by atoms with van der Waals surface area (Å²) >= 11 is 0. The first-order valence-electron chi connectivity index (χ1n) is 6.50. The van der Waals surface area contributed by atoms with Gasteiger partial charge in [-0.05, 0) is 19.2 Å². The predicted octanol–water partition coefficient (Wildman–Crippen LogP) is 0.949. The van der Waals surface area contributed by atoms with E-state index in [0.717, 1.165) is 6.42 Å². The van der Waals surface area contributed by atoms with Crippen molar-refractivity contribution in [1.29, 1.82) is 0 Å². The molecule has 0 radical (unpaired) electrons. The van der Waals surface area contributed by atoms with Crippen LogP contribution in [-0.4, -0.2) is 29.1 Å². The summed E-state index contributed by atoms with van der Waals surface area (Å²) in [5, 5.41) is 0. The third kappa shape index (κ3) is 2.06. The number of nitrogens with zero attached hydrogens (tertiary/aromatic N) is 3. The minimum atomic E-state index is -0.419. The fourth-order valence-corrected chi connectivity index (χ4v) is 2.42. The topological polar surface area (TPSA) is 65.6 Å². The molecule has 0 spiro atoms. The van der Waals surface area contributed by atoms with Crippen molar-refractivity contribution in [3.8, 4) is 0 Å². The summed E-state index contributed by atoms with van der Waals surface area (Å²) in [7, 11) is 1.60. The number of rotatable bonds is 5. The summed E-state index contributed by atoms with van der Waals surface area (Å²) in [4.78, 5) is 28.5. The van der Waals surface area contributed by atoms with Crippen LogP contribution in [-0.2, 0) is 18.3 Å². The Bertz CT molecular complexity index is 660. The largest absolute Gasteiger partial charge is 0.380 e. The molecule has 1 saturated heterocycles. The second kappa shape index (κ2) is 5.20. The molecule has 0 saturated carbocycles. The smallest absolute Gasteiger partial charge is 0.331 e. The molecule has 0 bridgehead atoms. The van der Waals surface area contributed by atoms with E-state index in [0.29, 0.717) is 25.5 Å². The van der Waals surface area contributed by atoms with Crippen LogP contribution >= 0.6 is 0 Å². The second-order valence-corrected chi connectivity index (χ2v) is 5.18. The summed E-state index contributed by atoms with van der Waals surface area (Å²) in [5.41, 5.74) is -0.366. The van der Waals surface area contributed by atoms with Crippen LogP contribution in [0.2, 0.25) is 0 Å². The summed E-state index contributed by atoms with van der Waals surface area (Å²) in [6.45, 7) is 10.5. The van der Waals surface area contributed by atoms with E-state index in [4.69, 9.17) is 4.74 Å². The highest BCUT2D eigenvalue weighted by atomic mass is 16.5. The van der Waals surface area contributed by atoms with Gasteiger partial charge in [0.2, 0.25) is 0 Å². The second-order valence-electron chi connectivity index (χ2n) is 5.18. The van der Waals surface area contributed by atoms with Gasteiger partial charge in [0.25, 0.3) is 5.56 Å². The monoisotopic (exact) mass is 277 g/mol. The van der Waals surface area contributed by atoms with E-state index in [1.807, 2.05) is 6.92 Å². The molecular weight excluding hydrogens is 258 g/mol. The summed E-state index contributed by atoms with van der Waals surface area (Å²) < 4.78 is 7.84. The zero-order chi connectivity index (χ0) is 14.9. The Morgan fingerprint density at radius 2 is 2.10 bits per heavy atom. The van der Waals surface area contributed by atoms with Crippen molar-refractivity contribution < 1.29 is 4.74 Å². The van der Waals surface area contributed by atoms with Gasteiger partial charge in [-0.25, -0.2) is 4.79 Å². The Balaban J connectivity index is 2.62. The lowest BCUT2D eigenvalue weighted by atomic mass is 9.83. The average Bonchev–Trinajstić information content (AvgIpc) is 2.41. The molecule has 1 aliphatic rings. The summed E-state index contributed by atoms with van der Waals surface area (Å²) in [6.07, 6.45) is 2.29. The van der Waals surface area contributed by atoms with Gasteiger partial charge in [0.05, 0.1) is 18.9 Å². The third-order valence-corrected chi connectivity index (χ3v) is 3.98. The molecule has 0 atom stereocenters. The van der Waals surface area contributed by atoms with Crippen LogP contribution in [0.5, 0.6) is 0 Å². The van der Waals surface area contributed by atoms with Crippen LogP contribution in [0.4, 0.5) is 5.69 Å². The number of aromatic nitrogens is 2. The van der Waals surface area contributed by atoms with Crippen molar-refractivity contribution in [2.45, 2.75) is 19.9 Å². The first-order chi connectivity index (χ1) is 9.49. The van der Waals surface area contributed by atoms with E-state index in [-0.39, 0.29) is 16.8 Å². The molecule has 0 aromatic carbocycles. The van der Waals surface area contributed by atoms with Gasteiger partial charge >= 0.3 is 5.69 Å². The van der Waals surface area contributed by atoms with Gasteiger partial charge < -0.3 is 4.74 Å². The lowest BCUT2D eigenvalue weighted by Gasteiger charge is -2.40. The van der Waals surface area contributed by atoms with Crippen LogP contribution in [0.1, 0.15) is 19.0 Å². The molecule has 1 aromatic rings. The number of hydrogen-bond donors (Lipinski definition) is 0. The van der Waals surface area contributed by atoms with Gasteiger partial charge in [0, 0.05) is 19.0 Å². The minimum Gasteiger partial charge on any atom is -0.380 e. The van der Waals surface area contributed by atoms with E-state index in [1.54, 1.807) is 7.05 Å². The van der Waals surface area contributed by atoms with Crippen molar-refractivity contribution in [3.63, 3.8) is 0 Å². The molecule has 1 aromatic heterocycles. The van der Waals surface area contributed by atoms with Crippen molar-refractivity contribution in [3.05, 3.63) is 33.1 Å². The summed E-state index contributed by atoms with van der Waals surface area (Å²) in [5.74, 6) is 0. The predicted molar refractivity (Wildman–Crippen MR) is 78.8 cm³/mol. The number of hydrogen-bond acceptors (Lipinski definition) is 4. The highest BCUT2D eigenvalue weighted by Gasteiger charge is 2.38. The maximum absolute atomic E-state index is 12.4. The standard InChI is InChI=1S/C14H19N3O3/c1-5-10-11(15-3)12(18)17(13(19)16(10)4)7-14(6-2)8-20-9-14/h5H,1,3,6-9H2,2,4H3. The first-order valence-corrected chi connectivity index (χ1v) is 6.50. The molecule has 2 heterocycles.